The Hall–Kier alpha value is -12.1. The first kappa shape index (κ1) is 79.1. The second-order valence-corrected chi connectivity index (χ2v) is 26.9. The van der Waals surface area contributed by atoms with E-state index in [4.69, 9.17) is 10.5 Å². The van der Waals surface area contributed by atoms with Crippen molar-refractivity contribution >= 4 is 98.7 Å². The second kappa shape index (κ2) is 36.6. The van der Waals surface area contributed by atoms with Crippen molar-refractivity contribution in [3.8, 4) is 5.75 Å². The van der Waals surface area contributed by atoms with Crippen LogP contribution < -0.4 is 63.6 Å². The number of carboxylic acids is 1. The molecule has 0 unspecified atom stereocenters. The Morgan fingerprint density at radius 3 is 1.79 bits per heavy atom. The Labute approximate surface area is 612 Å². The van der Waals surface area contributed by atoms with E-state index in [1.807, 2.05) is 0 Å². The molecule has 0 spiro atoms. The number of halogens is 2. The van der Waals surface area contributed by atoms with E-state index in [1.165, 1.54) is 88.0 Å². The lowest BCUT2D eigenvalue weighted by atomic mass is 9.94. The van der Waals surface area contributed by atoms with E-state index in [0.717, 1.165) is 6.07 Å². The van der Waals surface area contributed by atoms with Gasteiger partial charge in [0.15, 0.2) is 0 Å². The van der Waals surface area contributed by atoms with Gasteiger partial charge in [-0.2, -0.15) is 0 Å². The number of hydrogen-bond donors (Lipinski definition) is 15. The third-order valence-electron chi connectivity index (χ3n) is 18.9. The van der Waals surface area contributed by atoms with E-state index >= 15 is 23.6 Å². The number of H-pyrrole nitrogens is 3. The van der Waals surface area contributed by atoms with Crippen LogP contribution in [-0.2, 0) is 101 Å². The van der Waals surface area contributed by atoms with Crippen molar-refractivity contribution in [3.05, 3.63) is 155 Å². The predicted octanol–water partition coefficient (Wildman–Crippen LogP) is 1.52. The zero-order chi connectivity index (χ0) is 77.1. The number of aromatic nitrogens is 4. The summed E-state index contributed by atoms with van der Waals surface area (Å²) in [6, 6.07) is 8.24. The molecule has 33 heteroatoms. The van der Waals surface area contributed by atoms with Crippen LogP contribution in [0.25, 0.3) is 21.8 Å². The van der Waals surface area contributed by atoms with E-state index in [-0.39, 0.29) is 105 Å². The number of nitrogens with one attached hydrogen (secondary N) is 13. The van der Waals surface area contributed by atoms with Crippen molar-refractivity contribution in [3.63, 3.8) is 0 Å². The monoisotopic (exact) mass is 1480 g/mol. The van der Waals surface area contributed by atoms with Crippen molar-refractivity contribution in [2.75, 3.05) is 20.2 Å². The summed E-state index contributed by atoms with van der Waals surface area (Å²) in [4.78, 5) is 197. The Bertz CT molecular complexity index is 4420. The van der Waals surface area contributed by atoms with Gasteiger partial charge in [0, 0.05) is 99.1 Å². The molecule has 12 amide bonds. The van der Waals surface area contributed by atoms with E-state index in [9.17, 15) is 52.6 Å². The van der Waals surface area contributed by atoms with Gasteiger partial charge >= 0.3 is 5.97 Å². The normalized spacial score (nSPS) is 23.1. The number of nitrogens with two attached hydrogens (primary N) is 1. The first-order valence-electron chi connectivity index (χ1n) is 35.1. The van der Waals surface area contributed by atoms with Crippen LogP contribution in [0.2, 0.25) is 0 Å². The van der Waals surface area contributed by atoms with Gasteiger partial charge in [-0.1, -0.05) is 36.4 Å². The highest BCUT2D eigenvalue weighted by Crippen LogP contribution is 2.32. The van der Waals surface area contributed by atoms with Crippen LogP contribution in [-0.4, -0.2) is 181 Å². The van der Waals surface area contributed by atoms with Gasteiger partial charge in [0.2, 0.25) is 70.9 Å². The van der Waals surface area contributed by atoms with Crippen LogP contribution in [0.15, 0.2) is 110 Å². The fourth-order valence-corrected chi connectivity index (χ4v) is 13.0. The predicted molar refractivity (Wildman–Crippen MR) is 383 cm³/mol. The Morgan fingerprint density at radius 1 is 0.636 bits per heavy atom. The van der Waals surface area contributed by atoms with Crippen molar-refractivity contribution < 1.29 is 81.0 Å². The number of nitrogens with zero attached hydrogens (tertiary/aromatic N) is 2. The minimum Gasteiger partial charge on any atom is -0.497 e. The molecule has 3 aliphatic heterocycles. The van der Waals surface area contributed by atoms with E-state index in [2.05, 4.69) is 73.1 Å². The quantitative estimate of drug-likeness (QED) is 0.0728. The SMILES string of the molecule is COc1ccc(C[C@@H]2NC(=O)[C@H](Cc3c[nH]cn3)NC(=O)[C@H](CC(=O)O)NC(=O)[C@H](Cc3c[nH]c4ccc(F)cc34)NC(=O)[C@H](Cc3c[nH]c4ccc(F)cc34)NC(=O)[C@@H](C)NC(=O)[C@H](NC(C)=O)CCCCNC(=O)Cc3ccc(cc3)CNC(=O)CCC[C@@H](C(N)=O)NC(=O)[C@]3(C)CCCN3C2=O)cc1. The van der Waals surface area contributed by atoms with E-state index < -0.39 is 156 Å². The number of methoxy groups -OCH3 is 1. The number of amides is 12. The van der Waals surface area contributed by atoms with Crippen LogP contribution in [0.4, 0.5) is 8.78 Å². The maximum atomic E-state index is 15.3. The summed E-state index contributed by atoms with van der Waals surface area (Å²) in [5.74, 6) is -12.6. The summed E-state index contributed by atoms with van der Waals surface area (Å²) in [6.45, 7) is 4.28. The molecule has 2 bridgehead atoms. The van der Waals surface area contributed by atoms with Gasteiger partial charge in [0.1, 0.15) is 71.3 Å². The molecular weight excluding hydrogens is 1390 g/mol. The number of benzene rings is 4. The second-order valence-electron chi connectivity index (χ2n) is 26.9. The lowest BCUT2D eigenvalue weighted by molar-refractivity contribution is -0.147. The number of rotatable bonds is 13. The van der Waals surface area contributed by atoms with Crippen molar-refractivity contribution in [2.24, 2.45) is 5.73 Å². The molecule has 4 aromatic carbocycles. The topological polar surface area (TPSA) is 461 Å². The average molecular weight is 1480 g/mol. The molecule has 107 heavy (non-hydrogen) atoms. The molecule has 6 heterocycles. The molecule has 9 atom stereocenters. The smallest absolute Gasteiger partial charge is 0.305 e. The van der Waals surface area contributed by atoms with Crippen LogP contribution in [0.3, 0.4) is 0 Å². The maximum absolute atomic E-state index is 15.3. The molecule has 1 fully saturated rings. The summed E-state index contributed by atoms with van der Waals surface area (Å²) >= 11 is 0. The minimum atomic E-state index is -2.07. The zero-order valence-corrected chi connectivity index (χ0v) is 59.4. The number of fused-ring (bicyclic) bond motifs is 38. The van der Waals surface area contributed by atoms with Gasteiger partial charge in [0.05, 0.1) is 32.0 Å². The van der Waals surface area contributed by atoms with Gasteiger partial charge in [0.25, 0.3) is 0 Å². The average Bonchev–Trinajstić information content (AvgIpc) is 1.67. The lowest BCUT2D eigenvalue weighted by Gasteiger charge is -2.37. The summed E-state index contributed by atoms with van der Waals surface area (Å²) in [5.41, 5.74) is 7.56. The zero-order valence-electron chi connectivity index (χ0n) is 59.4. The number of primary amides is 1. The molecule has 3 aromatic heterocycles. The van der Waals surface area contributed by atoms with Crippen LogP contribution >= 0.6 is 0 Å². The molecule has 568 valence electrons. The van der Waals surface area contributed by atoms with Gasteiger partial charge in [-0.05, 0) is 135 Å². The van der Waals surface area contributed by atoms with Crippen LogP contribution in [0, 0.1) is 11.6 Å². The summed E-state index contributed by atoms with van der Waals surface area (Å²) in [6.07, 6.45) is 3.91. The third-order valence-corrected chi connectivity index (χ3v) is 18.9. The minimum absolute atomic E-state index is 0.00716. The lowest BCUT2D eigenvalue weighted by Crippen LogP contribution is -2.63. The van der Waals surface area contributed by atoms with Crippen molar-refractivity contribution in [1.29, 1.82) is 0 Å². The number of carbonyl (C=O) groups excluding carboxylic acids is 12. The molecule has 3 aliphatic rings. The number of imidazole rings is 1. The molecule has 16 N–H and O–H groups in total. The highest BCUT2D eigenvalue weighted by atomic mass is 19.1. The Balaban J connectivity index is 1.04. The number of carbonyl (C=O) groups is 13. The summed E-state index contributed by atoms with van der Waals surface area (Å²) in [5, 5.41) is 37.4. The van der Waals surface area contributed by atoms with Gasteiger partial charge in [-0.3, -0.25) is 62.3 Å². The fourth-order valence-electron chi connectivity index (χ4n) is 13.0. The highest BCUT2D eigenvalue weighted by molar-refractivity contribution is 6.01. The van der Waals surface area contributed by atoms with Gasteiger partial charge in [-0.15, -0.1) is 0 Å². The number of carboxylic acid groups (broad SMARTS) is 1. The summed E-state index contributed by atoms with van der Waals surface area (Å²) in [7, 11) is 1.45. The molecule has 0 aliphatic carbocycles. The van der Waals surface area contributed by atoms with Crippen molar-refractivity contribution in [1.82, 2.24) is 78.0 Å². The van der Waals surface area contributed by atoms with Gasteiger partial charge in [-0.25, -0.2) is 13.8 Å². The number of aliphatic carboxylic acids is 1. The molecule has 1 saturated heterocycles. The summed E-state index contributed by atoms with van der Waals surface area (Å²) < 4.78 is 35.3. The maximum Gasteiger partial charge on any atom is 0.305 e. The highest BCUT2D eigenvalue weighted by Gasteiger charge is 2.49. The molecule has 0 saturated carbocycles. The number of ether oxygens (including phenoxy) is 1. The molecule has 7 aromatic rings. The first-order chi connectivity index (χ1) is 51.1. The largest absolute Gasteiger partial charge is 0.497 e. The number of aromatic amines is 3. The van der Waals surface area contributed by atoms with Crippen LogP contribution in [0.1, 0.15) is 112 Å². The molecular formula is C74H88F2N16O15. The first-order valence-corrected chi connectivity index (χ1v) is 35.1. The van der Waals surface area contributed by atoms with Gasteiger partial charge < -0.3 is 88.6 Å². The molecule has 31 nitrogen and oxygen atoms in total. The van der Waals surface area contributed by atoms with Crippen molar-refractivity contribution in [2.45, 2.75) is 171 Å². The molecule has 10 rings (SSSR count). The third kappa shape index (κ3) is 21.8. The molecule has 0 radical (unpaired) electrons. The number of hydrogen-bond acceptors (Lipinski definition) is 15. The van der Waals surface area contributed by atoms with E-state index in [1.54, 1.807) is 48.5 Å². The fraction of sp³-hybridized carbons (Fsp3) is 0.405. The Kier molecular flexibility index (Phi) is 27.0. The Morgan fingerprint density at radius 2 is 1.21 bits per heavy atom. The standard InChI is InChI=1S/C74H88F2N16O15/c1-40-66(99)86-57(29-45-36-80-53-22-18-47(75)31-51(45)53)68(101)87-58(30-46-37-81-54-23-19-48(76)32-52(46)54)69(102)89-60(34-64(96)97)71(104)88-59(33-49-38-78-39-83-49)70(103)90-61(27-42-16-20-50(107-4)21-17-42)72(105)92-26-8-24-74(92,3)73(106)91-55(65(77)98)10-7-11-62(94)82-35-44-14-12-43(13-15-44)28-63(95)79-25-6-5-9-56(67(100)84-40)85-41(2)93/h12-23,31-32,36-40,55-61,80-81H,5-11,24-30,33-35H2,1-4H3,(H2,77,98)(H,78,83)(H,79,95)(H,82,94)(H,84,100)(H,85,93)(H,86,99)(H,87,101)(H,88,104)(H,89,102)(H,90,103)(H,91,106)(H,96,97)/t40-,55+,56-,57+,58+,59+,60+,61+,74+/m1/s1. The van der Waals surface area contributed by atoms with Crippen LogP contribution in [0.5, 0.6) is 5.75 Å². The van der Waals surface area contributed by atoms with E-state index in [0.29, 0.717) is 51.7 Å².